The zero-order chi connectivity index (χ0) is 14.5. The quantitative estimate of drug-likeness (QED) is 0.887. The lowest BCUT2D eigenvalue weighted by Crippen LogP contribution is -2.22. The summed E-state index contributed by atoms with van der Waals surface area (Å²) >= 11 is 0. The van der Waals surface area contributed by atoms with Crippen molar-refractivity contribution in [3.05, 3.63) is 53.4 Å². The minimum Gasteiger partial charge on any atom is -0.346 e. The van der Waals surface area contributed by atoms with Crippen molar-refractivity contribution in [2.45, 2.75) is 6.04 Å². The lowest BCUT2D eigenvalue weighted by atomic mass is 10.1. The summed E-state index contributed by atoms with van der Waals surface area (Å²) in [6.07, 6.45) is 2.67. The van der Waals surface area contributed by atoms with E-state index in [1.54, 1.807) is 0 Å². The third-order valence-corrected chi connectivity index (χ3v) is 2.66. The Bertz CT molecular complexity index is 636. The smallest absolute Gasteiger partial charge is 0.223 e. The van der Waals surface area contributed by atoms with Crippen molar-refractivity contribution >= 4 is 5.95 Å². The summed E-state index contributed by atoms with van der Waals surface area (Å²) in [5.74, 6) is -1.14. The van der Waals surface area contributed by atoms with E-state index < -0.39 is 17.7 Å². The van der Waals surface area contributed by atoms with Crippen LogP contribution in [0.25, 0.3) is 0 Å². The highest BCUT2D eigenvalue weighted by molar-refractivity contribution is 5.35. The van der Waals surface area contributed by atoms with Crippen LogP contribution in [0, 0.1) is 23.0 Å². The van der Waals surface area contributed by atoms with E-state index in [1.807, 2.05) is 6.07 Å². The highest BCUT2D eigenvalue weighted by Gasteiger charge is 2.15. The molecule has 1 unspecified atom stereocenters. The molecule has 1 aromatic heterocycles. The molecule has 1 atom stereocenters. The minimum absolute atomic E-state index is 0.0753. The van der Waals surface area contributed by atoms with Gasteiger partial charge in [0.2, 0.25) is 5.95 Å². The Hall–Kier alpha value is -2.59. The van der Waals surface area contributed by atoms with Crippen molar-refractivity contribution in [1.82, 2.24) is 9.97 Å². The third-order valence-electron chi connectivity index (χ3n) is 2.66. The van der Waals surface area contributed by atoms with Gasteiger partial charge in [-0.05, 0) is 6.07 Å². The molecule has 0 saturated heterocycles. The predicted molar refractivity (Wildman–Crippen MR) is 68.5 cm³/mol. The van der Waals surface area contributed by atoms with E-state index in [9.17, 15) is 8.78 Å². The fourth-order valence-corrected chi connectivity index (χ4v) is 1.66. The van der Waals surface area contributed by atoms with Crippen molar-refractivity contribution < 1.29 is 8.78 Å². The summed E-state index contributed by atoms with van der Waals surface area (Å²) in [6.45, 7) is 0.0753. The van der Waals surface area contributed by atoms with Gasteiger partial charge in [0.15, 0.2) is 0 Å². The van der Waals surface area contributed by atoms with Gasteiger partial charge in [-0.3, -0.25) is 0 Å². The minimum atomic E-state index is -0.693. The normalized spacial score (nSPS) is 11.7. The molecular weight excluding hydrogens is 264 g/mol. The van der Waals surface area contributed by atoms with Crippen molar-refractivity contribution in [3.8, 4) is 6.07 Å². The van der Waals surface area contributed by atoms with Crippen molar-refractivity contribution in [1.29, 1.82) is 5.26 Å². The maximum absolute atomic E-state index is 13.7. The number of nitriles is 1. The Kier molecular flexibility index (Phi) is 4.17. The van der Waals surface area contributed by atoms with Crippen LogP contribution in [0.1, 0.15) is 17.2 Å². The van der Waals surface area contributed by atoms with Gasteiger partial charge < -0.3 is 11.1 Å². The van der Waals surface area contributed by atoms with Gasteiger partial charge >= 0.3 is 0 Å². The van der Waals surface area contributed by atoms with E-state index in [1.165, 1.54) is 18.5 Å². The molecule has 5 nitrogen and oxygen atoms in total. The monoisotopic (exact) mass is 275 g/mol. The first-order valence-electron chi connectivity index (χ1n) is 5.77. The van der Waals surface area contributed by atoms with E-state index >= 15 is 0 Å². The molecule has 0 radical (unpaired) electrons. The standard InChI is InChI=1S/C13H11F2N5/c14-9-1-2-10(11(15)3-9)12(5-17)20-13-18-6-8(4-16)7-19-13/h1-3,6-7,12H,5,17H2,(H,18,19,20). The summed E-state index contributed by atoms with van der Waals surface area (Å²) in [6, 6.07) is 4.56. The third kappa shape index (κ3) is 3.05. The zero-order valence-electron chi connectivity index (χ0n) is 10.3. The van der Waals surface area contributed by atoms with Gasteiger partial charge in [0.25, 0.3) is 0 Å². The summed E-state index contributed by atoms with van der Waals surface area (Å²) < 4.78 is 26.6. The van der Waals surface area contributed by atoms with Crippen LogP contribution in [-0.4, -0.2) is 16.5 Å². The van der Waals surface area contributed by atoms with Crippen molar-refractivity contribution in [3.63, 3.8) is 0 Å². The average Bonchev–Trinajstić information content (AvgIpc) is 2.46. The molecule has 0 fully saturated rings. The first kappa shape index (κ1) is 13.8. The zero-order valence-corrected chi connectivity index (χ0v) is 10.3. The highest BCUT2D eigenvalue weighted by Crippen LogP contribution is 2.20. The summed E-state index contributed by atoms with van der Waals surface area (Å²) in [4.78, 5) is 7.83. The number of halogens is 2. The predicted octanol–water partition coefficient (Wildman–Crippen LogP) is 1.74. The number of hydrogen-bond donors (Lipinski definition) is 2. The number of hydrogen-bond acceptors (Lipinski definition) is 5. The molecule has 2 rings (SSSR count). The molecular formula is C13H11F2N5. The molecule has 3 N–H and O–H groups in total. The second-order valence-corrected chi connectivity index (χ2v) is 4.01. The molecule has 0 amide bonds. The van der Waals surface area contributed by atoms with E-state index in [0.29, 0.717) is 5.56 Å². The Morgan fingerprint density at radius 3 is 2.55 bits per heavy atom. The first-order valence-corrected chi connectivity index (χ1v) is 5.77. The number of aromatic nitrogens is 2. The number of nitrogens with two attached hydrogens (primary N) is 1. The van der Waals surface area contributed by atoms with Crippen LogP contribution in [0.4, 0.5) is 14.7 Å². The fourth-order valence-electron chi connectivity index (χ4n) is 1.66. The van der Waals surface area contributed by atoms with E-state index in [-0.39, 0.29) is 18.1 Å². The van der Waals surface area contributed by atoms with Crippen LogP contribution in [0.5, 0.6) is 0 Å². The number of anilines is 1. The van der Waals surface area contributed by atoms with Gasteiger partial charge in [-0.25, -0.2) is 18.7 Å². The van der Waals surface area contributed by atoms with Crippen LogP contribution < -0.4 is 11.1 Å². The second kappa shape index (κ2) is 6.04. The summed E-state index contributed by atoms with van der Waals surface area (Å²) in [7, 11) is 0. The molecule has 0 aliphatic rings. The number of nitrogens with zero attached hydrogens (tertiary/aromatic N) is 3. The van der Waals surface area contributed by atoms with Gasteiger partial charge in [-0.1, -0.05) is 6.07 Å². The van der Waals surface area contributed by atoms with E-state index in [2.05, 4.69) is 15.3 Å². The van der Waals surface area contributed by atoms with Crippen LogP contribution in [0.2, 0.25) is 0 Å². The number of nitrogens with one attached hydrogen (secondary N) is 1. The Morgan fingerprint density at radius 1 is 1.30 bits per heavy atom. The molecule has 0 bridgehead atoms. The van der Waals surface area contributed by atoms with Gasteiger partial charge in [0, 0.05) is 18.2 Å². The van der Waals surface area contributed by atoms with Crippen LogP contribution in [-0.2, 0) is 0 Å². The van der Waals surface area contributed by atoms with E-state index in [0.717, 1.165) is 12.1 Å². The molecule has 0 spiro atoms. The SMILES string of the molecule is N#Cc1cnc(NC(CN)c2ccc(F)cc2F)nc1. The average molecular weight is 275 g/mol. The number of rotatable bonds is 4. The molecule has 0 saturated carbocycles. The van der Waals surface area contributed by atoms with Crippen molar-refractivity contribution in [2.24, 2.45) is 5.73 Å². The van der Waals surface area contributed by atoms with Gasteiger partial charge in [0.1, 0.15) is 17.7 Å². The fraction of sp³-hybridized carbons (Fsp3) is 0.154. The maximum atomic E-state index is 13.7. The molecule has 102 valence electrons. The molecule has 1 aromatic carbocycles. The van der Waals surface area contributed by atoms with Crippen LogP contribution >= 0.6 is 0 Å². The van der Waals surface area contributed by atoms with Gasteiger partial charge in [0.05, 0.1) is 24.0 Å². The molecule has 20 heavy (non-hydrogen) atoms. The Labute approximate surface area is 114 Å². The van der Waals surface area contributed by atoms with E-state index in [4.69, 9.17) is 11.0 Å². The molecule has 2 aromatic rings. The lowest BCUT2D eigenvalue weighted by Gasteiger charge is -2.17. The Morgan fingerprint density at radius 2 is 2.00 bits per heavy atom. The molecule has 0 aliphatic carbocycles. The van der Waals surface area contributed by atoms with Gasteiger partial charge in [-0.2, -0.15) is 5.26 Å². The van der Waals surface area contributed by atoms with Crippen LogP contribution in [0.15, 0.2) is 30.6 Å². The number of benzene rings is 1. The summed E-state index contributed by atoms with van der Waals surface area (Å²) in [5.41, 5.74) is 6.12. The highest BCUT2D eigenvalue weighted by atomic mass is 19.1. The second-order valence-electron chi connectivity index (χ2n) is 4.01. The summed E-state index contributed by atoms with van der Waals surface area (Å²) in [5, 5.41) is 11.5. The first-order chi connectivity index (χ1) is 9.63. The van der Waals surface area contributed by atoms with Crippen LogP contribution in [0.3, 0.4) is 0 Å². The largest absolute Gasteiger partial charge is 0.346 e. The van der Waals surface area contributed by atoms with Gasteiger partial charge in [-0.15, -0.1) is 0 Å². The molecule has 7 heteroatoms. The molecule has 0 aliphatic heterocycles. The maximum Gasteiger partial charge on any atom is 0.223 e. The van der Waals surface area contributed by atoms with Crippen molar-refractivity contribution in [2.75, 3.05) is 11.9 Å². The lowest BCUT2D eigenvalue weighted by molar-refractivity contribution is 0.561. The molecule has 1 heterocycles. The topological polar surface area (TPSA) is 87.6 Å². The Balaban J connectivity index is 2.22.